The Morgan fingerprint density at radius 3 is 2.33 bits per heavy atom. The number of carbonyl (C=O) groups excluding carboxylic acids is 2. The van der Waals surface area contributed by atoms with Crippen LogP contribution >= 0.6 is 11.8 Å². The van der Waals surface area contributed by atoms with Gasteiger partial charge in [0.25, 0.3) is 0 Å². The molecule has 27 heavy (non-hydrogen) atoms. The Balaban J connectivity index is 2.00. The van der Waals surface area contributed by atoms with E-state index in [0.29, 0.717) is 22.3 Å². The van der Waals surface area contributed by atoms with Crippen molar-refractivity contribution in [2.45, 2.75) is 11.1 Å². The van der Waals surface area contributed by atoms with Crippen molar-refractivity contribution in [1.82, 2.24) is 0 Å². The third-order valence-electron chi connectivity index (χ3n) is 3.32. The predicted molar refractivity (Wildman–Crippen MR) is 98.1 cm³/mol. The molecule has 0 bridgehead atoms. The van der Waals surface area contributed by atoms with E-state index in [1.807, 2.05) is 0 Å². The topological polar surface area (TPSA) is 67.4 Å². The lowest BCUT2D eigenvalue weighted by atomic mass is 10.2. The van der Waals surface area contributed by atoms with Crippen molar-refractivity contribution in [3.8, 4) is 0 Å². The highest BCUT2D eigenvalue weighted by atomic mass is 32.2. The SMILES string of the molecule is COC(=O)c1ccccc1NC(=O)CNc1ccccc1SCC(F)(F)F. The Kier molecular flexibility index (Phi) is 7.12. The van der Waals surface area contributed by atoms with Crippen LogP contribution in [-0.4, -0.2) is 37.5 Å². The van der Waals surface area contributed by atoms with Crippen molar-refractivity contribution in [3.63, 3.8) is 0 Å². The van der Waals surface area contributed by atoms with Crippen molar-refractivity contribution < 1.29 is 27.5 Å². The van der Waals surface area contributed by atoms with Crippen molar-refractivity contribution in [1.29, 1.82) is 0 Å². The van der Waals surface area contributed by atoms with Crippen molar-refractivity contribution >= 4 is 35.0 Å². The maximum absolute atomic E-state index is 12.4. The second kappa shape index (κ2) is 9.31. The van der Waals surface area contributed by atoms with Gasteiger partial charge in [-0.25, -0.2) is 4.79 Å². The number of nitrogens with one attached hydrogen (secondary N) is 2. The Hall–Kier alpha value is -2.68. The molecule has 2 rings (SSSR count). The van der Waals surface area contributed by atoms with Crippen LogP contribution in [-0.2, 0) is 9.53 Å². The molecule has 5 nitrogen and oxygen atoms in total. The molecule has 2 aromatic carbocycles. The van der Waals surface area contributed by atoms with E-state index in [1.54, 1.807) is 42.5 Å². The fraction of sp³-hybridized carbons (Fsp3) is 0.222. The van der Waals surface area contributed by atoms with Gasteiger partial charge in [0.05, 0.1) is 30.7 Å². The molecule has 0 aliphatic heterocycles. The number of halogens is 3. The highest BCUT2D eigenvalue weighted by Crippen LogP contribution is 2.32. The Labute approximate surface area is 158 Å². The van der Waals surface area contributed by atoms with E-state index in [9.17, 15) is 22.8 Å². The van der Waals surface area contributed by atoms with Crippen LogP contribution in [0.25, 0.3) is 0 Å². The molecule has 0 unspecified atom stereocenters. The van der Waals surface area contributed by atoms with E-state index in [0.717, 1.165) is 0 Å². The normalized spacial score (nSPS) is 11.0. The monoisotopic (exact) mass is 398 g/mol. The van der Waals surface area contributed by atoms with E-state index < -0.39 is 23.8 Å². The summed E-state index contributed by atoms with van der Waals surface area (Å²) >= 11 is 0.639. The number of amides is 1. The number of ether oxygens (including phenoxy) is 1. The van der Waals surface area contributed by atoms with Crippen LogP contribution in [0.3, 0.4) is 0 Å². The van der Waals surface area contributed by atoms with Crippen LogP contribution in [0.1, 0.15) is 10.4 Å². The average Bonchev–Trinajstić information content (AvgIpc) is 2.64. The van der Waals surface area contributed by atoms with Gasteiger partial charge in [0.1, 0.15) is 0 Å². The van der Waals surface area contributed by atoms with Gasteiger partial charge in [0, 0.05) is 10.6 Å². The number of anilines is 2. The molecule has 0 aliphatic carbocycles. The summed E-state index contributed by atoms with van der Waals surface area (Å²) in [6, 6.07) is 12.8. The molecule has 0 aliphatic rings. The first-order valence-electron chi connectivity index (χ1n) is 7.80. The molecule has 0 radical (unpaired) electrons. The predicted octanol–water partition coefficient (Wildman–Crippen LogP) is 4.18. The van der Waals surface area contributed by atoms with Gasteiger partial charge in [-0.2, -0.15) is 13.2 Å². The summed E-state index contributed by atoms with van der Waals surface area (Å²) in [7, 11) is 1.23. The van der Waals surface area contributed by atoms with E-state index in [-0.39, 0.29) is 17.8 Å². The molecule has 0 heterocycles. The van der Waals surface area contributed by atoms with E-state index >= 15 is 0 Å². The summed E-state index contributed by atoms with van der Waals surface area (Å²) in [5.74, 6) is -2.07. The van der Waals surface area contributed by atoms with Gasteiger partial charge >= 0.3 is 12.1 Å². The zero-order chi connectivity index (χ0) is 19.9. The van der Waals surface area contributed by atoms with Crippen molar-refractivity contribution in [2.24, 2.45) is 0 Å². The minimum absolute atomic E-state index is 0.181. The Bertz CT molecular complexity index is 812. The number of benzene rings is 2. The van der Waals surface area contributed by atoms with Gasteiger partial charge in [0.2, 0.25) is 5.91 Å². The number of hydrogen-bond acceptors (Lipinski definition) is 5. The molecule has 2 aromatic rings. The van der Waals surface area contributed by atoms with Crippen LogP contribution in [0.15, 0.2) is 53.4 Å². The zero-order valence-electron chi connectivity index (χ0n) is 14.3. The van der Waals surface area contributed by atoms with Crippen LogP contribution < -0.4 is 10.6 Å². The minimum atomic E-state index is -4.28. The van der Waals surface area contributed by atoms with Crippen LogP contribution in [0, 0.1) is 0 Å². The summed E-state index contributed by atoms with van der Waals surface area (Å²) in [5.41, 5.74) is 0.911. The lowest BCUT2D eigenvalue weighted by Gasteiger charge is -2.13. The van der Waals surface area contributed by atoms with Crippen LogP contribution in [0.5, 0.6) is 0 Å². The summed E-state index contributed by atoms with van der Waals surface area (Å²) in [6.45, 7) is -0.181. The number of esters is 1. The third-order valence-corrected chi connectivity index (χ3v) is 4.46. The molecule has 0 aromatic heterocycles. The highest BCUT2D eigenvalue weighted by molar-refractivity contribution is 7.99. The van der Waals surface area contributed by atoms with E-state index in [1.165, 1.54) is 13.2 Å². The van der Waals surface area contributed by atoms with Gasteiger partial charge < -0.3 is 15.4 Å². The Morgan fingerprint density at radius 2 is 1.67 bits per heavy atom. The van der Waals surface area contributed by atoms with Gasteiger partial charge in [-0.1, -0.05) is 24.3 Å². The van der Waals surface area contributed by atoms with Gasteiger partial charge in [-0.15, -0.1) is 11.8 Å². The van der Waals surface area contributed by atoms with Gasteiger partial charge in [-0.05, 0) is 24.3 Å². The molecule has 0 spiro atoms. The zero-order valence-corrected chi connectivity index (χ0v) is 15.1. The third kappa shape index (κ3) is 6.52. The second-order valence-electron chi connectivity index (χ2n) is 5.34. The van der Waals surface area contributed by atoms with E-state index in [4.69, 9.17) is 0 Å². The molecule has 0 saturated heterocycles. The quantitative estimate of drug-likeness (QED) is 0.541. The van der Waals surface area contributed by atoms with Crippen molar-refractivity contribution in [2.75, 3.05) is 30.0 Å². The van der Waals surface area contributed by atoms with Crippen LogP contribution in [0.2, 0.25) is 0 Å². The maximum Gasteiger partial charge on any atom is 0.398 e. The molecule has 0 fully saturated rings. The summed E-state index contributed by atoms with van der Waals surface area (Å²) in [6.07, 6.45) is -4.28. The van der Waals surface area contributed by atoms with E-state index in [2.05, 4.69) is 15.4 Å². The van der Waals surface area contributed by atoms with Crippen LogP contribution in [0.4, 0.5) is 24.5 Å². The molecule has 2 N–H and O–H groups in total. The molecule has 1 amide bonds. The maximum atomic E-state index is 12.4. The first kappa shape index (κ1) is 20.6. The number of rotatable bonds is 7. The lowest BCUT2D eigenvalue weighted by Crippen LogP contribution is -2.23. The fourth-order valence-corrected chi connectivity index (χ4v) is 2.94. The number of methoxy groups -OCH3 is 1. The Morgan fingerprint density at radius 1 is 1.04 bits per heavy atom. The second-order valence-corrected chi connectivity index (χ2v) is 6.36. The number of thioether (sulfide) groups is 1. The van der Waals surface area contributed by atoms with Crippen molar-refractivity contribution in [3.05, 3.63) is 54.1 Å². The smallest absolute Gasteiger partial charge is 0.398 e. The standard InChI is InChI=1S/C18H17F3N2O3S/c1-26-17(25)12-6-2-3-7-13(12)23-16(24)10-22-14-8-4-5-9-15(14)27-11-18(19,20)21/h2-9,22H,10-11H2,1H3,(H,23,24). The number of para-hydroxylation sites is 2. The lowest BCUT2D eigenvalue weighted by molar-refractivity contribution is -0.114. The van der Waals surface area contributed by atoms with Gasteiger partial charge in [-0.3, -0.25) is 4.79 Å². The molecule has 0 atom stereocenters. The minimum Gasteiger partial charge on any atom is -0.465 e. The molecule has 9 heteroatoms. The first-order valence-corrected chi connectivity index (χ1v) is 8.78. The summed E-state index contributed by atoms with van der Waals surface area (Å²) in [4.78, 5) is 24.3. The number of alkyl halides is 3. The average molecular weight is 398 g/mol. The molecule has 144 valence electrons. The first-order chi connectivity index (χ1) is 12.8. The summed E-state index contributed by atoms with van der Waals surface area (Å²) < 4.78 is 41.9. The number of hydrogen-bond donors (Lipinski definition) is 2. The fourth-order valence-electron chi connectivity index (χ4n) is 2.15. The molecular weight excluding hydrogens is 381 g/mol. The summed E-state index contributed by atoms with van der Waals surface area (Å²) in [5, 5.41) is 5.40. The largest absolute Gasteiger partial charge is 0.465 e. The molecular formula is C18H17F3N2O3S. The number of carbonyl (C=O) groups is 2. The highest BCUT2D eigenvalue weighted by Gasteiger charge is 2.27. The molecule has 0 saturated carbocycles. The van der Waals surface area contributed by atoms with Gasteiger partial charge in [0.15, 0.2) is 0 Å².